The van der Waals surface area contributed by atoms with Crippen LogP contribution in [0.3, 0.4) is 0 Å². The Labute approximate surface area is 106 Å². The summed E-state index contributed by atoms with van der Waals surface area (Å²) in [6.45, 7) is 3.82. The maximum Gasteiger partial charge on any atom is 0.349 e. The van der Waals surface area contributed by atoms with Gasteiger partial charge in [0.05, 0.1) is 13.7 Å². The van der Waals surface area contributed by atoms with Crippen molar-refractivity contribution < 1.29 is 23.6 Å². The third-order valence-electron chi connectivity index (χ3n) is 2.22. The van der Waals surface area contributed by atoms with E-state index in [2.05, 4.69) is 0 Å². The van der Waals surface area contributed by atoms with E-state index in [-0.39, 0.29) is 6.54 Å². The third-order valence-corrected chi connectivity index (χ3v) is 2.22. The van der Waals surface area contributed by atoms with E-state index in [1.165, 1.54) is 6.92 Å². The van der Waals surface area contributed by atoms with E-state index in [9.17, 15) is 9.59 Å². The predicted molar refractivity (Wildman–Crippen MR) is 62.4 cm³/mol. The first-order valence-corrected chi connectivity index (χ1v) is 5.90. The highest BCUT2D eigenvalue weighted by molar-refractivity contribution is 5.78. The molecule has 1 heterocycles. The topological polar surface area (TPSA) is 61.4 Å². The number of aromatic nitrogens is 2. The van der Waals surface area contributed by atoms with Crippen molar-refractivity contribution in [2.24, 2.45) is 7.05 Å². The van der Waals surface area contributed by atoms with Crippen molar-refractivity contribution in [3.8, 4) is 0 Å². The van der Waals surface area contributed by atoms with Gasteiger partial charge in [0, 0.05) is 0 Å². The Morgan fingerprint density at radius 1 is 1.44 bits per heavy atom. The standard InChI is InChI=1S/C12H19N2O4/c1-4-7-17-12(16)10(2)18-11(15)8-14-6-5-13(3)9-14/h5-6,9-10H,4,7-8H2,1-3H3/q+1/t10-/m1/s1. The maximum absolute atomic E-state index is 11.6. The lowest BCUT2D eigenvalue weighted by Crippen LogP contribution is -2.39. The van der Waals surface area contributed by atoms with Crippen LogP contribution in [0.4, 0.5) is 0 Å². The lowest BCUT2D eigenvalue weighted by atomic mass is 10.4. The van der Waals surface area contributed by atoms with Gasteiger partial charge in [-0.1, -0.05) is 6.92 Å². The van der Waals surface area contributed by atoms with Gasteiger partial charge in [0.2, 0.25) is 6.33 Å². The molecule has 6 nitrogen and oxygen atoms in total. The summed E-state index contributed by atoms with van der Waals surface area (Å²) >= 11 is 0. The molecule has 1 aromatic rings. The Morgan fingerprint density at radius 3 is 2.72 bits per heavy atom. The van der Waals surface area contributed by atoms with Crippen LogP contribution in [0.5, 0.6) is 0 Å². The number of carbonyl (C=O) groups excluding carboxylic acids is 2. The lowest BCUT2D eigenvalue weighted by molar-refractivity contribution is -0.685. The monoisotopic (exact) mass is 255 g/mol. The van der Waals surface area contributed by atoms with Gasteiger partial charge in [0.1, 0.15) is 12.4 Å². The zero-order valence-electron chi connectivity index (χ0n) is 11.0. The molecule has 0 spiro atoms. The van der Waals surface area contributed by atoms with Crippen LogP contribution in [0.25, 0.3) is 0 Å². The fraction of sp³-hybridized carbons (Fsp3) is 0.583. The molecule has 0 unspecified atom stereocenters. The number of hydrogen-bond acceptors (Lipinski definition) is 4. The number of esters is 2. The van der Waals surface area contributed by atoms with Crippen molar-refractivity contribution in [3.05, 3.63) is 18.7 Å². The second-order valence-corrected chi connectivity index (χ2v) is 4.05. The molecule has 1 aromatic heterocycles. The second-order valence-electron chi connectivity index (χ2n) is 4.05. The molecule has 0 aliphatic heterocycles. The van der Waals surface area contributed by atoms with Crippen molar-refractivity contribution in [1.29, 1.82) is 0 Å². The molecule has 6 heteroatoms. The highest BCUT2D eigenvalue weighted by Crippen LogP contribution is 1.96. The summed E-state index contributed by atoms with van der Waals surface area (Å²) < 4.78 is 13.3. The molecule has 0 N–H and O–H groups in total. The van der Waals surface area contributed by atoms with Gasteiger partial charge in [0.15, 0.2) is 12.6 Å². The molecule has 0 saturated carbocycles. The van der Waals surface area contributed by atoms with Crippen LogP contribution in [-0.2, 0) is 32.7 Å². The molecule has 0 aromatic carbocycles. The first-order chi connectivity index (χ1) is 8.52. The van der Waals surface area contributed by atoms with Gasteiger partial charge >= 0.3 is 11.9 Å². The highest BCUT2D eigenvalue weighted by Gasteiger charge is 2.20. The van der Waals surface area contributed by atoms with Crippen molar-refractivity contribution in [2.75, 3.05) is 6.61 Å². The van der Waals surface area contributed by atoms with Crippen molar-refractivity contribution in [1.82, 2.24) is 4.57 Å². The zero-order valence-corrected chi connectivity index (χ0v) is 11.0. The zero-order chi connectivity index (χ0) is 13.5. The Kier molecular flexibility index (Phi) is 5.35. The largest absolute Gasteiger partial charge is 0.463 e. The number of rotatable bonds is 6. The SMILES string of the molecule is CCCOC(=O)[C@@H](C)OC(=O)C[n+]1ccn(C)c1. The summed E-state index contributed by atoms with van der Waals surface area (Å²) in [5.41, 5.74) is 0. The van der Waals surface area contributed by atoms with Crippen LogP contribution in [0.1, 0.15) is 20.3 Å². The average Bonchev–Trinajstić information content (AvgIpc) is 2.71. The van der Waals surface area contributed by atoms with Crippen molar-refractivity contribution in [2.45, 2.75) is 32.9 Å². The van der Waals surface area contributed by atoms with Gasteiger partial charge in [-0.05, 0) is 13.3 Å². The molecule has 0 saturated heterocycles. The van der Waals surface area contributed by atoms with Gasteiger partial charge < -0.3 is 9.47 Å². The summed E-state index contributed by atoms with van der Waals surface area (Å²) in [5.74, 6) is -0.976. The first kappa shape index (κ1) is 14.2. The predicted octanol–water partition coefficient (Wildman–Crippen LogP) is 0.197. The summed E-state index contributed by atoms with van der Waals surface area (Å²) in [4.78, 5) is 22.9. The molecule has 0 aliphatic rings. The second kappa shape index (κ2) is 6.78. The minimum atomic E-state index is -0.867. The molecule has 0 fully saturated rings. The number of hydrogen-bond donors (Lipinski definition) is 0. The van der Waals surface area contributed by atoms with Gasteiger partial charge in [-0.15, -0.1) is 0 Å². The van der Waals surface area contributed by atoms with Crippen LogP contribution in [0.2, 0.25) is 0 Å². The summed E-state index contributed by atoms with van der Waals surface area (Å²) in [5, 5.41) is 0. The summed E-state index contributed by atoms with van der Waals surface area (Å²) in [6.07, 6.45) is 5.19. The molecule has 0 amide bonds. The number of aryl methyl sites for hydroxylation is 1. The molecule has 0 bridgehead atoms. The quantitative estimate of drug-likeness (QED) is 0.538. The smallest absolute Gasteiger partial charge is 0.349 e. The third kappa shape index (κ3) is 4.57. The molecule has 0 aliphatic carbocycles. The minimum Gasteiger partial charge on any atom is -0.463 e. The summed E-state index contributed by atoms with van der Waals surface area (Å²) in [6, 6.07) is 0. The van der Waals surface area contributed by atoms with E-state index in [0.717, 1.165) is 6.42 Å². The molecule has 100 valence electrons. The van der Waals surface area contributed by atoms with Crippen molar-refractivity contribution >= 4 is 11.9 Å². The molecule has 0 radical (unpaired) electrons. The van der Waals surface area contributed by atoms with E-state index in [1.54, 1.807) is 17.1 Å². The van der Waals surface area contributed by atoms with E-state index in [4.69, 9.17) is 9.47 Å². The Morgan fingerprint density at radius 2 is 2.17 bits per heavy atom. The van der Waals surface area contributed by atoms with E-state index in [1.807, 2.05) is 24.7 Å². The van der Waals surface area contributed by atoms with E-state index >= 15 is 0 Å². The molecule has 1 atom stereocenters. The minimum absolute atomic E-state index is 0.0756. The van der Waals surface area contributed by atoms with Crippen LogP contribution < -0.4 is 4.57 Å². The van der Waals surface area contributed by atoms with Gasteiger partial charge in [0.25, 0.3) is 0 Å². The van der Waals surface area contributed by atoms with Crippen molar-refractivity contribution in [3.63, 3.8) is 0 Å². The van der Waals surface area contributed by atoms with E-state index < -0.39 is 18.0 Å². The summed E-state index contributed by atoms with van der Waals surface area (Å²) in [7, 11) is 1.85. The number of imidazole rings is 1. The molecule has 1 rings (SSSR count). The number of ether oxygens (including phenoxy) is 2. The van der Waals surface area contributed by atoms with Crippen LogP contribution >= 0.6 is 0 Å². The molecular weight excluding hydrogens is 236 g/mol. The van der Waals surface area contributed by atoms with Gasteiger partial charge in [-0.3, -0.25) is 0 Å². The fourth-order valence-electron chi connectivity index (χ4n) is 1.35. The number of nitrogens with zero attached hydrogens (tertiary/aromatic N) is 2. The highest BCUT2D eigenvalue weighted by atomic mass is 16.6. The Bertz CT molecular complexity index is 414. The Balaban J connectivity index is 2.37. The van der Waals surface area contributed by atoms with Crippen LogP contribution in [-0.4, -0.2) is 29.2 Å². The normalized spacial score (nSPS) is 11.9. The van der Waals surface area contributed by atoms with Crippen LogP contribution in [0.15, 0.2) is 18.7 Å². The van der Waals surface area contributed by atoms with Gasteiger partial charge in [-0.25, -0.2) is 18.7 Å². The van der Waals surface area contributed by atoms with E-state index in [0.29, 0.717) is 6.61 Å². The first-order valence-electron chi connectivity index (χ1n) is 5.90. The molecule has 18 heavy (non-hydrogen) atoms. The lowest BCUT2D eigenvalue weighted by Gasteiger charge is -2.11. The average molecular weight is 255 g/mol. The number of carbonyl (C=O) groups is 2. The van der Waals surface area contributed by atoms with Crippen LogP contribution in [0, 0.1) is 0 Å². The Hall–Kier alpha value is -1.85. The maximum atomic E-state index is 11.6. The van der Waals surface area contributed by atoms with Gasteiger partial charge in [-0.2, -0.15) is 0 Å². The fourth-order valence-corrected chi connectivity index (χ4v) is 1.35. The molecular formula is C12H19N2O4+.